The molecule has 0 radical (unpaired) electrons. The number of fused-ring (bicyclic) bond motifs is 1. The highest BCUT2D eigenvalue weighted by Crippen LogP contribution is 2.30. The molecule has 32 heavy (non-hydrogen) atoms. The average Bonchev–Trinajstić information content (AvgIpc) is 3.24. The van der Waals surface area contributed by atoms with Crippen molar-refractivity contribution in [1.82, 2.24) is 9.97 Å². The summed E-state index contributed by atoms with van der Waals surface area (Å²) < 4.78 is 18.3. The lowest BCUT2D eigenvalue weighted by Crippen LogP contribution is -2.08. The minimum Gasteiger partial charge on any atom is -0.345 e. The molecule has 5 nitrogen and oxygen atoms in total. The first-order chi connectivity index (χ1) is 15.5. The van der Waals surface area contributed by atoms with Gasteiger partial charge in [-0.25, -0.2) is 9.37 Å². The molecule has 160 valence electrons. The van der Waals surface area contributed by atoms with Crippen molar-refractivity contribution in [2.24, 2.45) is 0 Å². The van der Waals surface area contributed by atoms with E-state index >= 15 is 4.39 Å². The molecule has 0 aliphatic carbocycles. The molecule has 0 fully saturated rings. The van der Waals surface area contributed by atoms with Crippen LogP contribution in [0.25, 0.3) is 22.2 Å². The summed E-state index contributed by atoms with van der Waals surface area (Å²) in [6.07, 6.45) is 4.24. The van der Waals surface area contributed by atoms with Crippen LogP contribution >= 0.6 is 11.9 Å². The van der Waals surface area contributed by atoms with E-state index in [2.05, 4.69) is 20.8 Å². The first kappa shape index (κ1) is 21.6. The van der Waals surface area contributed by atoms with Gasteiger partial charge in [0.1, 0.15) is 5.65 Å². The molecule has 0 unspecified atom stereocenters. The van der Waals surface area contributed by atoms with Crippen LogP contribution in [0.5, 0.6) is 0 Å². The maximum atomic E-state index is 15.3. The van der Waals surface area contributed by atoms with Gasteiger partial charge in [-0.3, -0.25) is 4.79 Å². The first-order valence-corrected chi connectivity index (χ1v) is 11.2. The average molecular weight is 445 g/mol. The Bertz CT molecular complexity index is 1340. The van der Waals surface area contributed by atoms with Crippen LogP contribution in [-0.4, -0.2) is 21.5 Å². The Kier molecular flexibility index (Phi) is 6.24. The lowest BCUT2D eigenvalue weighted by molar-refractivity contribution is 0.103. The van der Waals surface area contributed by atoms with E-state index in [-0.39, 0.29) is 5.56 Å². The smallest absolute Gasteiger partial charge is 0.198 e. The van der Waals surface area contributed by atoms with Crippen LogP contribution in [0.3, 0.4) is 0 Å². The number of H-pyrrole nitrogens is 1. The van der Waals surface area contributed by atoms with E-state index < -0.39 is 11.6 Å². The predicted octanol–water partition coefficient (Wildman–Crippen LogP) is 6.25. The number of rotatable bonds is 7. The molecular weight excluding hydrogens is 423 g/mol. The summed E-state index contributed by atoms with van der Waals surface area (Å²) in [5, 5.41) is 9.62. The van der Waals surface area contributed by atoms with Crippen molar-refractivity contribution in [1.29, 1.82) is 5.26 Å². The van der Waals surface area contributed by atoms with Crippen LogP contribution in [0.2, 0.25) is 0 Å². The molecule has 0 amide bonds. The van der Waals surface area contributed by atoms with Crippen molar-refractivity contribution in [2.45, 2.75) is 20.3 Å². The Labute approximate surface area is 189 Å². The number of benzene rings is 2. The summed E-state index contributed by atoms with van der Waals surface area (Å²) in [7, 11) is 0. The largest absolute Gasteiger partial charge is 0.345 e. The van der Waals surface area contributed by atoms with Gasteiger partial charge in [0.15, 0.2) is 11.6 Å². The van der Waals surface area contributed by atoms with Gasteiger partial charge in [-0.1, -0.05) is 37.1 Å². The van der Waals surface area contributed by atoms with E-state index in [9.17, 15) is 4.79 Å². The predicted molar refractivity (Wildman–Crippen MR) is 127 cm³/mol. The molecular formula is C25H21FN4OS. The second kappa shape index (κ2) is 9.25. The summed E-state index contributed by atoms with van der Waals surface area (Å²) in [6, 6.07) is 14.5. The number of pyridine rings is 1. The monoisotopic (exact) mass is 444 g/mol. The molecule has 4 rings (SSSR count). The highest BCUT2D eigenvalue weighted by molar-refractivity contribution is 8.00. The van der Waals surface area contributed by atoms with Gasteiger partial charge in [-0.2, -0.15) is 5.26 Å². The van der Waals surface area contributed by atoms with Gasteiger partial charge in [0.05, 0.1) is 22.9 Å². The number of ketones is 1. The zero-order valence-electron chi connectivity index (χ0n) is 17.7. The zero-order valence-corrected chi connectivity index (χ0v) is 18.5. The van der Waals surface area contributed by atoms with E-state index in [4.69, 9.17) is 5.26 Å². The third kappa shape index (κ3) is 4.10. The topological polar surface area (TPSA) is 81.6 Å². The Hall–Kier alpha value is -3.63. The number of carbonyl (C=O) groups excluding carboxylic acids is 1. The van der Waals surface area contributed by atoms with E-state index in [1.165, 1.54) is 11.9 Å². The third-order valence-electron chi connectivity index (χ3n) is 5.19. The fourth-order valence-electron chi connectivity index (χ4n) is 3.48. The van der Waals surface area contributed by atoms with E-state index in [0.717, 1.165) is 23.3 Å². The molecule has 4 aromatic rings. The number of halogens is 1. The number of nitriles is 1. The van der Waals surface area contributed by atoms with Gasteiger partial charge >= 0.3 is 0 Å². The molecule has 2 heterocycles. The normalized spacial score (nSPS) is 10.8. The number of carbonyl (C=O) groups is 1. The molecule has 0 spiro atoms. The zero-order chi connectivity index (χ0) is 22.7. The molecule has 0 saturated carbocycles. The number of nitrogens with zero attached hydrogens (tertiary/aromatic N) is 2. The molecule has 2 aromatic heterocycles. The van der Waals surface area contributed by atoms with Crippen LogP contribution in [-0.2, 0) is 0 Å². The van der Waals surface area contributed by atoms with Crippen molar-refractivity contribution in [2.75, 3.05) is 10.5 Å². The Morgan fingerprint density at radius 3 is 2.72 bits per heavy atom. The lowest BCUT2D eigenvalue weighted by Gasteiger charge is -2.12. The molecule has 2 N–H and O–H groups in total. The fraction of sp³-hybridized carbons (Fsp3) is 0.160. The van der Waals surface area contributed by atoms with Gasteiger partial charge in [-0.05, 0) is 48.7 Å². The number of hydrogen-bond acceptors (Lipinski definition) is 5. The highest BCUT2D eigenvalue weighted by Gasteiger charge is 2.23. The third-order valence-corrected chi connectivity index (χ3v) is 6.17. The van der Waals surface area contributed by atoms with Crippen LogP contribution < -0.4 is 4.72 Å². The second-order valence-electron chi connectivity index (χ2n) is 7.41. The SMILES string of the molecule is CCCSNc1ccc(C)c(C(=O)c2c[nH]c3ncc(-c4ccc(C#N)cc4)cc23)c1F. The van der Waals surface area contributed by atoms with Crippen LogP contribution in [0.15, 0.2) is 54.9 Å². The quantitative estimate of drug-likeness (QED) is 0.200. The first-order valence-electron chi connectivity index (χ1n) is 10.2. The molecule has 0 saturated heterocycles. The molecule has 0 aliphatic rings. The summed E-state index contributed by atoms with van der Waals surface area (Å²) in [4.78, 5) is 20.9. The Morgan fingerprint density at radius 2 is 2.00 bits per heavy atom. The maximum absolute atomic E-state index is 15.3. The number of hydrogen-bond donors (Lipinski definition) is 2. The summed E-state index contributed by atoms with van der Waals surface area (Å²) in [5.74, 6) is -0.110. The highest BCUT2D eigenvalue weighted by atomic mass is 32.2. The van der Waals surface area contributed by atoms with Crippen molar-refractivity contribution >= 4 is 34.5 Å². The van der Waals surface area contributed by atoms with Crippen molar-refractivity contribution in [3.05, 3.63) is 82.9 Å². The molecule has 0 atom stereocenters. The van der Waals surface area contributed by atoms with Gasteiger partial charge in [-0.15, -0.1) is 0 Å². The summed E-state index contributed by atoms with van der Waals surface area (Å²) in [6.45, 7) is 3.78. The fourth-order valence-corrected chi connectivity index (χ4v) is 4.10. The Morgan fingerprint density at radius 1 is 1.22 bits per heavy atom. The van der Waals surface area contributed by atoms with E-state index in [1.807, 2.05) is 25.1 Å². The summed E-state index contributed by atoms with van der Waals surface area (Å²) in [5.41, 5.74) is 4.09. The van der Waals surface area contributed by atoms with Crippen molar-refractivity contribution < 1.29 is 9.18 Å². The summed E-state index contributed by atoms with van der Waals surface area (Å²) >= 11 is 1.41. The Balaban J connectivity index is 1.74. The van der Waals surface area contributed by atoms with Crippen molar-refractivity contribution in [3.8, 4) is 17.2 Å². The van der Waals surface area contributed by atoms with Gasteiger partial charge in [0, 0.05) is 34.7 Å². The maximum Gasteiger partial charge on any atom is 0.198 e. The molecule has 0 bridgehead atoms. The van der Waals surface area contributed by atoms with Crippen LogP contribution in [0.1, 0.15) is 40.4 Å². The minimum absolute atomic E-state index is 0.0526. The van der Waals surface area contributed by atoms with Gasteiger partial charge < -0.3 is 9.71 Å². The second-order valence-corrected chi connectivity index (χ2v) is 8.31. The van der Waals surface area contributed by atoms with E-state index in [0.29, 0.717) is 33.4 Å². The number of anilines is 1. The number of aromatic amines is 1. The number of nitrogens with one attached hydrogen (secondary N) is 2. The molecule has 0 aliphatic heterocycles. The van der Waals surface area contributed by atoms with Gasteiger partial charge in [0.25, 0.3) is 0 Å². The van der Waals surface area contributed by atoms with Gasteiger partial charge in [0.2, 0.25) is 0 Å². The lowest BCUT2D eigenvalue weighted by atomic mass is 9.97. The molecule has 7 heteroatoms. The van der Waals surface area contributed by atoms with E-state index in [1.54, 1.807) is 43.6 Å². The van der Waals surface area contributed by atoms with Crippen LogP contribution in [0, 0.1) is 24.1 Å². The number of aromatic nitrogens is 2. The molecule has 2 aromatic carbocycles. The minimum atomic E-state index is -0.552. The standard InChI is InChI=1S/C25H21FN4OS/c1-3-10-32-30-21-9-4-15(2)22(23(21)26)24(31)20-14-29-25-19(20)11-18(13-28-25)17-7-5-16(12-27)6-8-17/h4-9,11,13-14,30H,3,10H2,1-2H3,(H,28,29). The number of aryl methyl sites for hydroxylation is 1. The van der Waals surface area contributed by atoms with Crippen LogP contribution in [0.4, 0.5) is 10.1 Å². The van der Waals surface area contributed by atoms with Crippen molar-refractivity contribution in [3.63, 3.8) is 0 Å².